The number of aromatic nitrogens is 5. The molecule has 0 spiro atoms. The van der Waals surface area contributed by atoms with Gasteiger partial charge in [0, 0.05) is 37.2 Å². The first-order chi connectivity index (χ1) is 15.3. The summed E-state index contributed by atoms with van der Waals surface area (Å²) in [6.45, 7) is 1.16. The number of benzene rings is 1. The van der Waals surface area contributed by atoms with Gasteiger partial charge in [-0.15, -0.1) is 0 Å². The molecule has 0 aliphatic carbocycles. The second-order valence-corrected chi connectivity index (χ2v) is 6.48. The van der Waals surface area contributed by atoms with Crippen LogP contribution in [0.1, 0.15) is 11.1 Å². The summed E-state index contributed by atoms with van der Waals surface area (Å²) < 4.78 is 1.84. The summed E-state index contributed by atoms with van der Waals surface area (Å²) in [7, 11) is 0. The zero-order chi connectivity index (χ0) is 21.5. The van der Waals surface area contributed by atoms with E-state index in [1.54, 1.807) is 43.0 Å². The topological polar surface area (TPSA) is 128 Å². The van der Waals surface area contributed by atoms with Gasteiger partial charge in [-0.25, -0.2) is 19.9 Å². The second-order valence-electron chi connectivity index (χ2n) is 6.48. The van der Waals surface area contributed by atoms with Gasteiger partial charge in [0.2, 0.25) is 5.95 Å². The van der Waals surface area contributed by atoms with E-state index in [0.29, 0.717) is 36.0 Å². The fourth-order valence-corrected chi connectivity index (χ4v) is 2.90. The summed E-state index contributed by atoms with van der Waals surface area (Å²) in [5.74, 6) is 1.17. The molecule has 0 bridgehead atoms. The van der Waals surface area contributed by atoms with Crippen molar-refractivity contribution in [2.24, 2.45) is 0 Å². The first kappa shape index (κ1) is 19.6. The number of hydrogen-bond acceptors (Lipinski definition) is 8. The van der Waals surface area contributed by atoms with Gasteiger partial charge in [0.1, 0.15) is 11.9 Å². The maximum absolute atomic E-state index is 9.05. The molecular weight excluding hydrogens is 390 g/mol. The molecule has 0 fully saturated rings. The summed E-state index contributed by atoms with van der Waals surface area (Å²) in [6.07, 6.45) is 8.47. The van der Waals surface area contributed by atoms with Crippen LogP contribution in [0.4, 0.5) is 11.8 Å². The number of imidazole rings is 1. The van der Waals surface area contributed by atoms with Crippen LogP contribution < -0.4 is 10.6 Å². The molecule has 4 rings (SSSR count). The quantitative estimate of drug-likeness (QED) is 0.448. The van der Waals surface area contributed by atoms with Crippen LogP contribution in [0.5, 0.6) is 0 Å². The van der Waals surface area contributed by atoms with Crippen LogP contribution in [0.15, 0.2) is 67.5 Å². The van der Waals surface area contributed by atoms with Crippen LogP contribution in [0, 0.1) is 22.7 Å². The highest BCUT2D eigenvalue weighted by Crippen LogP contribution is 2.25. The lowest BCUT2D eigenvalue weighted by atomic mass is 10.1. The Morgan fingerprint density at radius 1 is 0.871 bits per heavy atom. The van der Waals surface area contributed by atoms with Crippen molar-refractivity contribution in [1.29, 1.82) is 10.5 Å². The average Bonchev–Trinajstić information content (AvgIpc) is 3.37. The first-order valence-electron chi connectivity index (χ1n) is 9.46. The van der Waals surface area contributed by atoms with Crippen molar-refractivity contribution >= 4 is 11.8 Å². The molecule has 0 saturated heterocycles. The van der Waals surface area contributed by atoms with E-state index in [4.69, 9.17) is 10.5 Å². The highest BCUT2D eigenvalue weighted by Gasteiger charge is 2.11. The fourth-order valence-electron chi connectivity index (χ4n) is 2.90. The Labute approximate surface area is 178 Å². The minimum absolute atomic E-state index is 0.484. The molecule has 1 aromatic carbocycles. The third-order valence-corrected chi connectivity index (χ3v) is 4.45. The Bertz CT molecular complexity index is 1230. The van der Waals surface area contributed by atoms with E-state index in [9.17, 15) is 0 Å². The molecule has 9 heteroatoms. The molecule has 0 unspecified atom stereocenters. The lowest BCUT2D eigenvalue weighted by Crippen LogP contribution is -2.16. The van der Waals surface area contributed by atoms with Gasteiger partial charge >= 0.3 is 0 Å². The van der Waals surface area contributed by atoms with Gasteiger partial charge in [0.25, 0.3) is 0 Å². The van der Waals surface area contributed by atoms with Crippen LogP contribution in [-0.4, -0.2) is 37.6 Å². The van der Waals surface area contributed by atoms with Gasteiger partial charge in [-0.2, -0.15) is 10.5 Å². The predicted octanol–water partition coefficient (Wildman–Crippen LogP) is 2.99. The van der Waals surface area contributed by atoms with E-state index >= 15 is 0 Å². The van der Waals surface area contributed by atoms with Gasteiger partial charge in [-0.1, -0.05) is 12.1 Å². The monoisotopic (exact) mass is 407 g/mol. The molecule has 4 aromatic rings. The Balaban J connectivity index is 1.49. The number of pyridine rings is 1. The Hall–Kier alpha value is -4.76. The van der Waals surface area contributed by atoms with Gasteiger partial charge in [-0.05, 0) is 24.3 Å². The highest BCUT2D eigenvalue weighted by atomic mass is 15.1. The van der Waals surface area contributed by atoms with Crippen molar-refractivity contribution in [2.45, 2.75) is 0 Å². The summed E-state index contributed by atoms with van der Waals surface area (Å²) in [4.78, 5) is 17.4. The molecule has 150 valence electrons. The van der Waals surface area contributed by atoms with E-state index in [2.05, 4.69) is 36.6 Å². The lowest BCUT2D eigenvalue weighted by Gasteiger charge is -2.12. The largest absolute Gasteiger partial charge is 0.368 e. The van der Waals surface area contributed by atoms with Crippen molar-refractivity contribution in [3.8, 4) is 29.1 Å². The molecule has 3 heterocycles. The highest BCUT2D eigenvalue weighted by molar-refractivity contribution is 5.70. The van der Waals surface area contributed by atoms with Crippen molar-refractivity contribution in [1.82, 2.24) is 24.5 Å². The van der Waals surface area contributed by atoms with Crippen molar-refractivity contribution < 1.29 is 0 Å². The van der Waals surface area contributed by atoms with E-state index in [0.717, 1.165) is 16.9 Å². The van der Waals surface area contributed by atoms with Crippen LogP contribution in [0.25, 0.3) is 16.9 Å². The lowest BCUT2D eigenvalue weighted by molar-refractivity contribution is 0.985. The molecule has 0 aliphatic heterocycles. The molecule has 0 amide bonds. The Morgan fingerprint density at radius 3 is 2.32 bits per heavy atom. The van der Waals surface area contributed by atoms with Crippen LogP contribution in [0.3, 0.4) is 0 Å². The SMILES string of the molecule is N#Cc1ccc(-c2nc(NCCNc3ccc(C#N)cn3)ncc2-n2ccnc2)cc1. The Morgan fingerprint density at radius 2 is 1.65 bits per heavy atom. The molecule has 9 nitrogen and oxygen atoms in total. The van der Waals surface area contributed by atoms with E-state index < -0.39 is 0 Å². The minimum atomic E-state index is 0.484. The first-order valence-corrected chi connectivity index (χ1v) is 9.46. The molecule has 0 aliphatic rings. The number of nitrogens with one attached hydrogen (secondary N) is 2. The van der Waals surface area contributed by atoms with Crippen LogP contribution in [0.2, 0.25) is 0 Å². The van der Waals surface area contributed by atoms with E-state index in [-0.39, 0.29) is 0 Å². The van der Waals surface area contributed by atoms with Crippen molar-refractivity contribution in [2.75, 3.05) is 23.7 Å². The van der Waals surface area contributed by atoms with Crippen molar-refractivity contribution in [3.05, 3.63) is 78.6 Å². The number of nitrogens with zero attached hydrogens (tertiary/aromatic N) is 7. The number of anilines is 2. The van der Waals surface area contributed by atoms with Gasteiger partial charge < -0.3 is 15.2 Å². The van der Waals surface area contributed by atoms with E-state index in [1.807, 2.05) is 29.0 Å². The van der Waals surface area contributed by atoms with Crippen LogP contribution in [-0.2, 0) is 0 Å². The predicted molar refractivity (Wildman–Crippen MR) is 115 cm³/mol. The average molecular weight is 407 g/mol. The molecule has 3 aromatic heterocycles. The summed E-state index contributed by atoms with van der Waals surface area (Å²) in [5.41, 5.74) is 3.48. The minimum Gasteiger partial charge on any atom is -0.368 e. The molecule has 0 saturated carbocycles. The molecular formula is C22H17N9. The summed E-state index contributed by atoms with van der Waals surface area (Å²) in [6, 6.07) is 14.9. The second kappa shape index (κ2) is 9.16. The zero-order valence-electron chi connectivity index (χ0n) is 16.4. The number of hydrogen-bond donors (Lipinski definition) is 2. The van der Waals surface area contributed by atoms with Gasteiger partial charge in [0.15, 0.2) is 0 Å². The standard InChI is InChI=1S/C22H17N9/c23-11-16-1-4-18(5-2-16)21-19(31-10-9-25-15-31)14-29-22(30-21)27-8-7-26-20-6-3-17(12-24)13-28-20/h1-6,9-10,13-15H,7-8H2,(H,26,28)(H,27,29,30). The number of rotatable bonds is 7. The molecule has 2 N–H and O–H groups in total. The normalized spacial score (nSPS) is 10.1. The van der Waals surface area contributed by atoms with Gasteiger partial charge in [0.05, 0.1) is 41.1 Å². The number of nitriles is 2. The molecule has 31 heavy (non-hydrogen) atoms. The third-order valence-electron chi connectivity index (χ3n) is 4.45. The maximum atomic E-state index is 9.05. The van der Waals surface area contributed by atoms with Crippen LogP contribution >= 0.6 is 0 Å². The maximum Gasteiger partial charge on any atom is 0.223 e. The van der Waals surface area contributed by atoms with E-state index in [1.165, 1.54) is 6.20 Å². The smallest absolute Gasteiger partial charge is 0.223 e. The van der Waals surface area contributed by atoms with Crippen molar-refractivity contribution in [3.63, 3.8) is 0 Å². The summed E-state index contributed by atoms with van der Waals surface area (Å²) >= 11 is 0. The molecule has 0 radical (unpaired) electrons. The third kappa shape index (κ3) is 4.63. The summed E-state index contributed by atoms with van der Waals surface area (Å²) in [5, 5.41) is 24.3. The van der Waals surface area contributed by atoms with Gasteiger partial charge in [-0.3, -0.25) is 0 Å². The fraction of sp³-hybridized carbons (Fsp3) is 0.0909. The zero-order valence-corrected chi connectivity index (χ0v) is 16.4. The molecule has 0 atom stereocenters. The Kier molecular flexibility index (Phi) is 5.78.